The zero-order valence-corrected chi connectivity index (χ0v) is 17.2. The van der Waals surface area contributed by atoms with Gasteiger partial charge in [-0.15, -0.1) is 0 Å². The number of rotatable bonds is 16. The summed E-state index contributed by atoms with van der Waals surface area (Å²) in [6, 6.07) is 8.10. The molecule has 0 bridgehead atoms. The minimum absolute atomic E-state index is 0.00800. The van der Waals surface area contributed by atoms with Crippen LogP contribution in [0, 0.1) is 0 Å². The number of hydrogen-bond donors (Lipinski definition) is 5. The lowest BCUT2D eigenvalue weighted by Gasteiger charge is -2.14. The molecule has 6 nitrogen and oxygen atoms in total. The van der Waals surface area contributed by atoms with Gasteiger partial charge in [0.25, 0.3) is 5.91 Å². The van der Waals surface area contributed by atoms with Crippen molar-refractivity contribution in [3.8, 4) is 0 Å². The Bertz CT molecular complexity index is 509. The number of carbonyl (C=O) groups excluding carboxylic acids is 1. The maximum absolute atomic E-state index is 12.3. The highest BCUT2D eigenvalue weighted by molar-refractivity contribution is 5.95. The number of nitrogens with one attached hydrogen (secondary N) is 4. The van der Waals surface area contributed by atoms with Crippen LogP contribution in [0.5, 0.6) is 0 Å². The molecule has 0 aromatic heterocycles. The number of carbonyl (C=O) groups is 1. The van der Waals surface area contributed by atoms with Gasteiger partial charge in [-0.2, -0.15) is 0 Å². The molecular weight excluding hydrogens is 338 g/mol. The van der Waals surface area contributed by atoms with Crippen LogP contribution in [0.4, 0.5) is 5.69 Å². The lowest BCUT2D eigenvalue weighted by atomic mass is 10.1. The maximum Gasteiger partial charge on any atom is 0.251 e. The molecule has 0 saturated carbocycles. The third kappa shape index (κ3) is 11.6. The Morgan fingerprint density at radius 2 is 1.67 bits per heavy atom. The summed E-state index contributed by atoms with van der Waals surface area (Å²) in [4.78, 5) is 12.3. The number of nitrogens with two attached hydrogens (primary N) is 1. The molecule has 154 valence electrons. The molecule has 0 fully saturated rings. The van der Waals surface area contributed by atoms with Crippen LogP contribution in [0.3, 0.4) is 0 Å². The molecular formula is C21H39N5O. The van der Waals surface area contributed by atoms with Gasteiger partial charge in [0.05, 0.1) is 0 Å². The van der Waals surface area contributed by atoms with E-state index in [1.165, 1.54) is 6.42 Å². The highest BCUT2D eigenvalue weighted by atomic mass is 16.1. The van der Waals surface area contributed by atoms with Crippen molar-refractivity contribution in [1.82, 2.24) is 16.0 Å². The van der Waals surface area contributed by atoms with Gasteiger partial charge >= 0.3 is 0 Å². The van der Waals surface area contributed by atoms with Gasteiger partial charge in [0.15, 0.2) is 0 Å². The molecule has 27 heavy (non-hydrogen) atoms. The molecule has 6 heteroatoms. The quantitative estimate of drug-likeness (QED) is 0.285. The largest absolute Gasteiger partial charge is 0.383 e. The van der Waals surface area contributed by atoms with E-state index in [9.17, 15) is 4.79 Å². The van der Waals surface area contributed by atoms with Crippen molar-refractivity contribution >= 4 is 11.6 Å². The van der Waals surface area contributed by atoms with Gasteiger partial charge < -0.3 is 27.0 Å². The Balaban J connectivity index is 2.06. The van der Waals surface area contributed by atoms with Crippen molar-refractivity contribution in [1.29, 1.82) is 0 Å². The molecule has 0 aliphatic carbocycles. The molecule has 0 spiro atoms. The summed E-state index contributed by atoms with van der Waals surface area (Å²) in [5.74, 6) is -0.00800. The summed E-state index contributed by atoms with van der Waals surface area (Å²) in [5.41, 5.74) is 7.15. The normalized spacial score (nSPS) is 12.0. The van der Waals surface area contributed by atoms with E-state index >= 15 is 0 Å². The predicted octanol–water partition coefficient (Wildman–Crippen LogP) is 2.33. The van der Waals surface area contributed by atoms with Gasteiger partial charge in [-0.1, -0.05) is 13.0 Å². The standard InChI is InChI=1S/C21H39N5O/c1-3-18(2)26-20-10-6-9-19(17-20)21(27)25-16-8-15-24-13-5-4-12-23-14-7-11-22/h6,9-10,17-18,23-24,26H,3-5,7-8,11-16,22H2,1-2H3,(H,25,27). The smallest absolute Gasteiger partial charge is 0.251 e. The fourth-order valence-corrected chi connectivity index (χ4v) is 2.63. The van der Waals surface area contributed by atoms with E-state index in [2.05, 4.69) is 35.1 Å². The summed E-state index contributed by atoms with van der Waals surface area (Å²) >= 11 is 0. The number of amides is 1. The van der Waals surface area contributed by atoms with Gasteiger partial charge in [0.2, 0.25) is 0 Å². The molecule has 0 aliphatic heterocycles. The van der Waals surface area contributed by atoms with E-state index in [4.69, 9.17) is 5.73 Å². The third-order valence-corrected chi connectivity index (χ3v) is 4.48. The zero-order valence-electron chi connectivity index (χ0n) is 17.2. The first-order chi connectivity index (χ1) is 13.2. The Morgan fingerprint density at radius 3 is 2.33 bits per heavy atom. The second-order valence-electron chi connectivity index (χ2n) is 6.99. The SMILES string of the molecule is CCC(C)Nc1cccc(C(=O)NCCCNCCCCNCCCN)c1. The van der Waals surface area contributed by atoms with Gasteiger partial charge in [-0.05, 0) is 90.0 Å². The topological polar surface area (TPSA) is 91.2 Å². The van der Waals surface area contributed by atoms with Crippen molar-refractivity contribution in [3.05, 3.63) is 29.8 Å². The molecule has 6 N–H and O–H groups in total. The molecule has 0 heterocycles. The van der Waals surface area contributed by atoms with E-state index < -0.39 is 0 Å². The summed E-state index contributed by atoms with van der Waals surface area (Å²) in [6.45, 7) is 9.75. The van der Waals surface area contributed by atoms with Crippen LogP contribution in [0.25, 0.3) is 0 Å². The molecule has 0 radical (unpaired) electrons. The molecule has 1 unspecified atom stereocenters. The fourth-order valence-electron chi connectivity index (χ4n) is 2.63. The third-order valence-electron chi connectivity index (χ3n) is 4.48. The Morgan fingerprint density at radius 1 is 1.00 bits per heavy atom. The Kier molecular flexibility index (Phi) is 13.4. The maximum atomic E-state index is 12.3. The van der Waals surface area contributed by atoms with Crippen molar-refractivity contribution in [2.24, 2.45) is 5.73 Å². The number of benzene rings is 1. The summed E-state index contributed by atoms with van der Waals surface area (Å²) in [6.07, 6.45) is 5.37. The lowest BCUT2D eigenvalue weighted by Crippen LogP contribution is -2.28. The molecule has 1 amide bonds. The predicted molar refractivity (Wildman–Crippen MR) is 115 cm³/mol. The van der Waals surface area contributed by atoms with Crippen LogP contribution in [0.15, 0.2) is 24.3 Å². The van der Waals surface area contributed by atoms with E-state index in [-0.39, 0.29) is 5.91 Å². The monoisotopic (exact) mass is 377 g/mol. The average molecular weight is 378 g/mol. The molecule has 0 aliphatic rings. The first-order valence-electron chi connectivity index (χ1n) is 10.4. The molecule has 1 atom stereocenters. The van der Waals surface area contributed by atoms with E-state index in [1.807, 2.05) is 24.3 Å². The molecule has 1 rings (SSSR count). The van der Waals surface area contributed by atoms with Crippen LogP contribution >= 0.6 is 0 Å². The van der Waals surface area contributed by atoms with Crippen LogP contribution in [-0.4, -0.2) is 51.2 Å². The highest BCUT2D eigenvalue weighted by Crippen LogP contribution is 2.12. The summed E-state index contributed by atoms with van der Waals surface area (Å²) in [7, 11) is 0. The highest BCUT2D eigenvalue weighted by Gasteiger charge is 2.06. The van der Waals surface area contributed by atoms with Gasteiger partial charge in [-0.25, -0.2) is 0 Å². The number of unbranched alkanes of at least 4 members (excludes halogenated alkanes) is 1. The first-order valence-corrected chi connectivity index (χ1v) is 10.4. The average Bonchev–Trinajstić information content (AvgIpc) is 2.68. The minimum Gasteiger partial charge on any atom is -0.383 e. The van der Waals surface area contributed by atoms with Crippen LogP contribution < -0.4 is 27.0 Å². The van der Waals surface area contributed by atoms with Crippen molar-refractivity contribution in [2.75, 3.05) is 44.6 Å². The van der Waals surface area contributed by atoms with E-state index in [0.717, 1.165) is 64.1 Å². The molecule has 1 aromatic rings. The van der Waals surface area contributed by atoms with Gasteiger partial charge in [0.1, 0.15) is 0 Å². The van der Waals surface area contributed by atoms with Crippen molar-refractivity contribution < 1.29 is 4.79 Å². The van der Waals surface area contributed by atoms with Crippen molar-refractivity contribution in [2.45, 2.75) is 52.0 Å². The van der Waals surface area contributed by atoms with Crippen LogP contribution in [-0.2, 0) is 0 Å². The van der Waals surface area contributed by atoms with E-state index in [0.29, 0.717) is 18.2 Å². The Labute approximate surface area is 165 Å². The number of hydrogen-bond acceptors (Lipinski definition) is 5. The van der Waals surface area contributed by atoms with Gasteiger partial charge in [0, 0.05) is 23.8 Å². The Hall–Kier alpha value is -1.63. The zero-order chi connectivity index (χ0) is 19.7. The first kappa shape index (κ1) is 23.4. The van der Waals surface area contributed by atoms with Crippen LogP contribution in [0.2, 0.25) is 0 Å². The fraction of sp³-hybridized carbons (Fsp3) is 0.667. The summed E-state index contributed by atoms with van der Waals surface area (Å²) in [5, 5.41) is 13.2. The lowest BCUT2D eigenvalue weighted by molar-refractivity contribution is 0.0953. The molecule has 0 saturated heterocycles. The van der Waals surface area contributed by atoms with E-state index in [1.54, 1.807) is 0 Å². The van der Waals surface area contributed by atoms with Gasteiger partial charge in [-0.3, -0.25) is 4.79 Å². The van der Waals surface area contributed by atoms with Crippen molar-refractivity contribution in [3.63, 3.8) is 0 Å². The second kappa shape index (κ2) is 15.4. The molecule has 1 aromatic carbocycles. The van der Waals surface area contributed by atoms with Crippen LogP contribution in [0.1, 0.15) is 56.3 Å². The summed E-state index contributed by atoms with van der Waals surface area (Å²) < 4.78 is 0. The number of anilines is 1. The second-order valence-corrected chi connectivity index (χ2v) is 6.99. The minimum atomic E-state index is -0.00800.